The molecule has 3 heterocycles. The van der Waals surface area contributed by atoms with Crippen LogP contribution < -0.4 is 15.7 Å². The Morgan fingerprint density at radius 3 is 2.61 bits per heavy atom. The minimum absolute atomic E-state index is 0.0681. The van der Waals surface area contributed by atoms with E-state index in [1.165, 1.54) is 19.1 Å². The van der Waals surface area contributed by atoms with E-state index < -0.39 is 16.0 Å². The van der Waals surface area contributed by atoms with Crippen molar-refractivity contribution >= 4 is 28.1 Å². The summed E-state index contributed by atoms with van der Waals surface area (Å²) in [7, 11) is 0. The van der Waals surface area contributed by atoms with Crippen molar-refractivity contribution in [2.45, 2.75) is 6.92 Å². The Balaban J connectivity index is 1.76. The molecule has 0 spiro atoms. The van der Waals surface area contributed by atoms with Gasteiger partial charge in [0.1, 0.15) is 11.4 Å². The molecule has 3 aromatic heterocycles. The molecule has 0 radical (unpaired) electrons. The number of rotatable bonds is 4. The number of aryl methyl sites for hydroxylation is 1. The van der Waals surface area contributed by atoms with Gasteiger partial charge >= 0.3 is 0 Å². The highest BCUT2D eigenvalue weighted by Gasteiger charge is 2.16. The van der Waals surface area contributed by atoms with Gasteiger partial charge in [0.15, 0.2) is 0 Å². The Morgan fingerprint density at radius 1 is 1.06 bits per heavy atom. The summed E-state index contributed by atoms with van der Waals surface area (Å²) in [6.45, 7) is 1.49. The highest BCUT2D eigenvalue weighted by molar-refractivity contribution is 7.15. The quantitative estimate of drug-likeness (QED) is 0.298. The van der Waals surface area contributed by atoms with Gasteiger partial charge in [-0.15, -0.1) is 0 Å². The zero-order valence-corrected chi connectivity index (χ0v) is 17.9. The molecule has 0 bridgehead atoms. The van der Waals surface area contributed by atoms with Crippen molar-refractivity contribution in [3.05, 3.63) is 107 Å². The first-order valence-corrected chi connectivity index (χ1v) is 10.5. The topological polar surface area (TPSA) is 125 Å². The van der Waals surface area contributed by atoms with Crippen LogP contribution in [0, 0.1) is 17.0 Å². The minimum Gasteiger partial charge on any atom is -0.266 e. The first kappa shape index (κ1) is 20.4. The van der Waals surface area contributed by atoms with Gasteiger partial charge in [-0.3, -0.25) is 19.7 Å². The third-order valence-corrected chi connectivity index (χ3v) is 5.88. The van der Waals surface area contributed by atoms with E-state index in [2.05, 4.69) is 15.2 Å². The number of thiazole rings is 1. The van der Waals surface area contributed by atoms with Crippen molar-refractivity contribution in [2.75, 3.05) is 0 Å². The van der Waals surface area contributed by atoms with E-state index in [9.17, 15) is 19.7 Å². The van der Waals surface area contributed by atoms with E-state index in [0.29, 0.717) is 21.4 Å². The Hall–Kier alpha value is -4.51. The number of nitro benzene ring substituents is 1. The molecule has 0 amide bonds. The highest BCUT2D eigenvalue weighted by atomic mass is 32.1. The van der Waals surface area contributed by atoms with Gasteiger partial charge in [0.2, 0.25) is 4.96 Å². The summed E-state index contributed by atoms with van der Waals surface area (Å²) in [4.78, 5) is 39.6. The predicted octanol–water partition coefficient (Wildman–Crippen LogP) is 2.13. The number of aromatic nitrogens is 5. The van der Waals surface area contributed by atoms with Crippen LogP contribution in [0.5, 0.6) is 0 Å². The number of non-ortho nitro benzene ring substituents is 1. The maximum absolute atomic E-state index is 12.9. The number of nitro groups is 1. The number of hydrogen-bond acceptors (Lipinski definition) is 8. The Morgan fingerprint density at radius 2 is 1.85 bits per heavy atom. The molecule has 0 aliphatic rings. The van der Waals surface area contributed by atoms with Gasteiger partial charge in [0.25, 0.3) is 16.8 Å². The van der Waals surface area contributed by atoms with E-state index >= 15 is 0 Å². The molecule has 0 saturated carbocycles. The van der Waals surface area contributed by atoms with Crippen LogP contribution in [0.4, 0.5) is 5.69 Å². The van der Waals surface area contributed by atoms with Crippen molar-refractivity contribution in [3.8, 4) is 16.9 Å². The molecule has 11 heteroatoms. The fourth-order valence-electron chi connectivity index (χ4n) is 3.32. The zero-order valence-electron chi connectivity index (χ0n) is 17.1. The van der Waals surface area contributed by atoms with Gasteiger partial charge in [-0.25, -0.2) is 4.68 Å². The number of benzene rings is 2. The lowest BCUT2D eigenvalue weighted by atomic mass is 10.1. The van der Waals surface area contributed by atoms with Crippen molar-refractivity contribution < 1.29 is 4.92 Å². The fourth-order valence-corrected chi connectivity index (χ4v) is 4.22. The predicted molar refractivity (Wildman–Crippen MR) is 123 cm³/mol. The highest BCUT2D eigenvalue weighted by Crippen LogP contribution is 2.27. The summed E-state index contributed by atoms with van der Waals surface area (Å²) in [6, 6.07) is 15.5. The first-order valence-electron chi connectivity index (χ1n) is 9.73. The minimum atomic E-state index is -0.489. The van der Waals surface area contributed by atoms with Crippen molar-refractivity contribution in [1.29, 1.82) is 0 Å². The average Bonchev–Trinajstić information content (AvgIpc) is 3.37. The van der Waals surface area contributed by atoms with E-state index in [1.54, 1.807) is 29.1 Å². The standard InChI is InChI=1S/C22H14N6O4S/c1-13-20(29)23-22-27(24-13)21(30)18(33-22)11-15-12-26(16-7-3-2-4-8-16)25-19(15)14-6-5-9-17(10-14)28(31)32/h2-12H,1H3/b18-11-. The van der Waals surface area contributed by atoms with Crippen LogP contribution in [-0.2, 0) is 0 Å². The summed E-state index contributed by atoms with van der Waals surface area (Å²) in [5.41, 5.74) is 1.51. The van der Waals surface area contributed by atoms with Crippen LogP contribution in [0.1, 0.15) is 11.3 Å². The summed E-state index contributed by atoms with van der Waals surface area (Å²) in [5, 5.41) is 19.9. The molecule has 0 fully saturated rings. The molecule has 0 aliphatic carbocycles. The summed E-state index contributed by atoms with van der Waals surface area (Å²) in [6.07, 6.45) is 3.37. The van der Waals surface area contributed by atoms with Gasteiger partial charge in [-0.1, -0.05) is 41.7 Å². The lowest BCUT2D eigenvalue weighted by Crippen LogP contribution is -2.27. The molecular weight excluding hydrogens is 444 g/mol. The third kappa shape index (κ3) is 3.70. The smallest absolute Gasteiger partial charge is 0.266 e. The summed E-state index contributed by atoms with van der Waals surface area (Å²) >= 11 is 1.03. The number of fused-ring (bicyclic) bond motifs is 1. The average molecular weight is 458 g/mol. The summed E-state index contributed by atoms with van der Waals surface area (Å²) < 4.78 is 3.04. The fraction of sp³-hybridized carbons (Fsp3) is 0.0455. The van der Waals surface area contributed by atoms with Gasteiger partial charge in [0.05, 0.1) is 15.1 Å². The maximum Gasteiger partial charge on any atom is 0.295 e. The molecule has 10 nitrogen and oxygen atoms in total. The molecule has 0 saturated heterocycles. The number of nitrogens with zero attached hydrogens (tertiary/aromatic N) is 6. The van der Waals surface area contributed by atoms with Gasteiger partial charge < -0.3 is 0 Å². The molecule has 0 N–H and O–H groups in total. The molecule has 5 rings (SSSR count). The van der Waals surface area contributed by atoms with Crippen LogP contribution in [0.15, 0.2) is 70.4 Å². The second-order valence-electron chi connectivity index (χ2n) is 7.13. The molecule has 0 aliphatic heterocycles. The van der Waals surface area contributed by atoms with Crippen LogP contribution in [0.2, 0.25) is 0 Å². The van der Waals surface area contributed by atoms with E-state index in [-0.39, 0.29) is 16.3 Å². The SMILES string of the molecule is Cc1nn2c(=O)/c(=C/c3cn(-c4ccccc4)nc3-c3cccc([N+](=O)[O-])c3)sc2nc1=O. The van der Waals surface area contributed by atoms with E-state index in [4.69, 9.17) is 0 Å². The van der Waals surface area contributed by atoms with E-state index in [1.807, 2.05) is 30.3 Å². The molecule has 0 atom stereocenters. The van der Waals surface area contributed by atoms with Crippen molar-refractivity contribution in [3.63, 3.8) is 0 Å². The number of hydrogen-bond donors (Lipinski definition) is 0. The number of para-hydroxylation sites is 1. The van der Waals surface area contributed by atoms with Crippen LogP contribution in [0.25, 0.3) is 28.0 Å². The largest absolute Gasteiger partial charge is 0.295 e. The second kappa shape index (κ2) is 7.88. The van der Waals surface area contributed by atoms with Crippen molar-refractivity contribution in [2.24, 2.45) is 0 Å². The Kier molecular flexibility index (Phi) is 4.87. The molecule has 33 heavy (non-hydrogen) atoms. The normalized spacial score (nSPS) is 11.8. The summed E-state index contributed by atoms with van der Waals surface area (Å²) in [5.74, 6) is 0. The van der Waals surface area contributed by atoms with E-state index in [0.717, 1.165) is 21.5 Å². The molecule has 5 aromatic rings. The monoisotopic (exact) mass is 458 g/mol. The van der Waals surface area contributed by atoms with Gasteiger partial charge in [-0.2, -0.15) is 19.7 Å². The molecule has 2 aromatic carbocycles. The van der Waals surface area contributed by atoms with Crippen LogP contribution in [0.3, 0.4) is 0 Å². The van der Waals surface area contributed by atoms with Crippen LogP contribution >= 0.6 is 11.3 Å². The lowest BCUT2D eigenvalue weighted by Gasteiger charge is -2.00. The molecule has 162 valence electrons. The molecular formula is C22H14N6O4S. The zero-order chi connectivity index (χ0) is 23.1. The third-order valence-electron chi connectivity index (χ3n) is 4.92. The maximum atomic E-state index is 12.9. The Labute approximate surface area is 188 Å². The first-order chi connectivity index (χ1) is 15.9. The lowest BCUT2D eigenvalue weighted by molar-refractivity contribution is -0.384. The van der Waals surface area contributed by atoms with Crippen molar-refractivity contribution in [1.82, 2.24) is 24.4 Å². The Bertz CT molecular complexity index is 1700. The second-order valence-corrected chi connectivity index (χ2v) is 8.14. The van der Waals surface area contributed by atoms with Crippen LogP contribution in [-0.4, -0.2) is 29.3 Å². The molecule has 0 unspecified atom stereocenters. The van der Waals surface area contributed by atoms with Gasteiger partial charge in [-0.05, 0) is 25.1 Å². The van der Waals surface area contributed by atoms with Gasteiger partial charge in [0, 0.05) is 29.5 Å².